The first-order valence-corrected chi connectivity index (χ1v) is 5.75. The number of carbonyl (C=O) groups is 1. The summed E-state index contributed by atoms with van der Waals surface area (Å²) in [7, 11) is 1.10. The number of anilines is 1. The molecule has 4 nitrogen and oxygen atoms in total. The second-order valence-corrected chi connectivity index (χ2v) is 4.48. The topological polar surface area (TPSA) is 45.2 Å². The van der Waals surface area contributed by atoms with Gasteiger partial charge in [0.1, 0.15) is 18.1 Å². The number of carbonyl (C=O) groups excluding carboxylic acids is 1. The van der Waals surface area contributed by atoms with Crippen LogP contribution in [-0.4, -0.2) is 41.6 Å². The average Bonchev–Trinajstić information content (AvgIpc) is 2.25. The highest BCUT2D eigenvalue weighted by Gasteiger charge is 2.31. The van der Waals surface area contributed by atoms with E-state index in [-0.39, 0.29) is 11.7 Å². The molecule has 1 amide bonds. The Morgan fingerprint density at radius 2 is 2.05 bits per heavy atom. The monoisotopic (exact) mass is 275 g/mol. The van der Waals surface area contributed by atoms with Gasteiger partial charge in [0, 0.05) is 13.1 Å². The van der Waals surface area contributed by atoms with E-state index < -0.39 is 18.6 Å². The van der Waals surface area contributed by atoms with E-state index in [9.17, 15) is 18.0 Å². The van der Waals surface area contributed by atoms with Gasteiger partial charge < -0.3 is 10.2 Å². The lowest BCUT2D eigenvalue weighted by Gasteiger charge is -2.19. The minimum absolute atomic E-state index is 0.0163. The molecule has 0 aromatic carbocycles. The van der Waals surface area contributed by atoms with Gasteiger partial charge in [0.25, 0.3) is 5.91 Å². The summed E-state index contributed by atoms with van der Waals surface area (Å²) in [6.07, 6.45) is -4.42. The number of hydrogen-bond acceptors (Lipinski definition) is 3. The van der Waals surface area contributed by atoms with E-state index in [0.29, 0.717) is 10.7 Å². The average molecular weight is 275 g/mol. The van der Waals surface area contributed by atoms with E-state index in [0.717, 1.165) is 7.05 Å². The number of rotatable bonds is 4. The fourth-order valence-electron chi connectivity index (χ4n) is 1.47. The molecular formula is C12H16F3N3O. The third-order valence-electron chi connectivity index (χ3n) is 2.17. The maximum absolute atomic E-state index is 12.2. The molecule has 106 valence electrons. The van der Waals surface area contributed by atoms with Crippen LogP contribution in [0, 0.1) is 0 Å². The lowest BCUT2D eigenvalue weighted by Crippen LogP contribution is -2.36. The Balaban J connectivity index is 2.82. The lowest BCUT2D eigenvalue weighted by atomic mass is 10.3. The predicted molar refractivity (Wildman–Crippen MR) is 66.0 cm³/mol. The zero-order valence-electron chi connectivity index (χ0n) is 11.0. The molecule has 1 aromatic rings. The number of nitrogens with zero attached hydrogens (tertiary/aromatic N) is 2. The molecule has 1 rings (SSSR count). The number of hydrogen-bond donors (Lipinski definition) is 1. The highest BCUT2D eigenvalue weighted by atomic mass is 19.4. The highest BCUT2D eigenvalue weighted by Crippen LogP contribution is 2.17. The molecule has 0 aliphatic carbocycles. The molecule has 0 spiro atoms. The standard InChI is InChI=1S/C12H16F3N3O/c1-8(2)16-10-6-4-5-9(17-10)11(19)18(3)7-12(13,14)15/h4-6,8H,7H2,1-3H3,(H,16,17). The van der Waals surface area contributed by atoms with Crippen molar-refractivity contribution < 1.29 is 18.0 Å². The smallest absolute Gasteiger partial charge is 0.368 e. The summed E-state index contributed by atoms with van der Waals surface area (Å²) < 4.78 is 36.6. The Bertz CT molecular complexity index is 446. The van der Waals surface area contributed by atoms with Crippen LogP contribution in [0.15, 0.2) is 18.2 Å². The molecule has 7 heteroatoms. The van der Waals surface area contributed by atoms with Crippen LogP contribution in [0.1, 0.15) is 24.3 Å². The van der Waals surface area contributed by atoms with Crippen molar-refractivity contribution in [2.45, 2.75) is 26.1 Å². The van der Waals surface area contributed by atoms with E-state index in [1.54, 1.807) is 12.1 Å². The fraction of sp³-hybridized carbons (Fsp3) is 0.500. The van der Waals surface area contributed by atoms with Crippen molar-refractivity contribution in [3.05, 3.63) is 23.9 Å². The number of nitrogens with one attached hydrogen (secondary N) is 1. The molecule has 0 fully saturated rings. The molecule has 0 bridgehead atoms. The van der Waals surface area contributed by atoms with Crippen LogP contribution in [0.25, 0.3) is 0 Å². The molecule has 0 radical (unpaired) electrons. The molecule has 0 atom stereocenters. The quantitative estimate of drug-likeness (QED) is 0.918. The van der Waals surface area contributed by atoms with Gasteiger partial charge in [-0.15, -0.1) is 0 Å². The van der Waals surface area contributed by atoms with Crippen molar-refractivity contribution in [2.75, 3.05) is 18.9 Å². The summed E-state index contributed by atoms with van der Waals surface area (Å²) in [6.45, 7) is 2.49. The Kier molecular flexibility index (Phi) is 4.74. The highest BCUT2D eigenvalue weighted by molar-refractivity contribution is 5.92. The number of alkyl halides is 3. The van der Waals surface area contributed by atoms with Crippen LogP contribution in [0.5, 0.6) is 0 Å². The Labute approximate surface area is 109 Å². The Hall–Kier alpha value is -1.79. The van der Waals surface area contributed by atoms with Crippen LogP contribution in [0.3, 0.4) is 0 Å². The molecule has 1 heterocycles. The van der Waals surface area contributed by atoms with E-state index in [1.165, 1.54) is 6.07 Å². The van der Waals surface area contributed by atoms with E-state index in [1.807, 2.05) is 13.8 Å². The van der Waals surface area contributed by atoms with Gasteiger partial charge in [-0.05, 0) is 26.0 Å². The van der Waals surface area contributed by atoms with Crippen molar-refractivity contribution in [1.29, 1.82) is 0 Å². The maximum Gasteiger partial charge on any atom is 0.406 e. The first-order valence-electron chi connectivity index (χ1n) is 5.75. The Morgan fingerprint density at radius 3 is 2.58 bits per heavy atom. The van der Waals surface area contributed by atoms with Crippen LogP contribution >= 0.6 is 0 Å². The summed E-state index contributed by atoms with van der Waals surface area (Å²) >= 11 is 0. The van der Waals surface area contributed by atoms with Crippen LogP contribution in [0.4, 0.5) is 19.0 Å². The van der Waals surface area contributed by atoms with Crippen LogP contribution in [-0.2, 0) is 0 Å². The Morgan fingerprint density at radius 1 is 1.42 bits per heavy atom. The molecule has 0 unspecified atom stereocenters. The van der Waals surface area contributed by atoms with Gasteiger partial charge in [0.05, 0.1) is 0 Å². The van der Waals surface area contributed by atoms with Gasteiger partial charge in [0.2, 0.25) is 0 Å². The van der Waals surface area contributed by atoms with Gasteiger partial charge in [-0.3, -0.25) is 4.79 Å². The van der Waals surface area contributed by atoms with Crippen LogP contribution < -0.4 is 5.32 Å². The zero-order valence-corrected chi connectivity index (χ0v) is 11.0. The van der Waals surface area contributed by atoms with Gasteiger partial charge in [-0.2, -0.15) is 13.2 Å². The molecular weight excluding hydrogens is 259 g/mol. The zero-order chi connectivity index (χ0) is 14.6. The summed E-state index contributed by atoms with van der Waals surface area (Å²) in [5.41, 5.74) is -0.0163. The minimum atomic E-state index is -4.42. The number of aromatic nitrogens is 1. The molecule has 0 saturated carbocycles. The third kappa shape index (κ3) is 5.15. The molecule has 0 saturated heterocycles. The normalized spacial score (nSPS) is 11.5. The second kappa shape index (κ2) is 5.90. The van der Waals surface area contributed by atoms with Gasteiger partial charge in [-0.25, -0.2) is 4.98 Å². The molecule has 1 aromatic heterocycles. The molecule has 0 aliphatic heterocycles. The van der Waals surface area contributed by atoms with Gasteiger partial charge in [-0.1, -0.05) is 6.07 Å². The van der Waals surface area contributed by atoms with Crippen LogP contribution in [0.2, 0.25) is 0 Å². The lowest BCUT2D eigenvalue weighted by molar-refractivity contribution is -0.138. The summed E-state index contributed by atoms with van der Waals surface area (Å²) in [6, 6.07) is 4.74. The summed E-state index contributed by atoms with van der Waals surface area (Å²) in [4.78, 5) is 16.4. The molecule has 1 N–H and O–H groups in total. The fourth-order valence-corrected chi connectivity index (χ4v) is 1.47. The summed E-state index contributed by atoms with van der Waals surface area (Å²) in [5.74, 6) is -0.300. The third-order valence-corrected chi connectivity index (χ3v) is 2.17. The number of amides is 1. The van der Waals surface area contributed by atoms with E-state index >= 15 is 0 Å². The van der Waals surface area contributed by atoms with Gasteiger partial charge >= 0.3 is 6.18 Å². The SMILES string of the molecule is CC(C)Nc1cccc(C(=O)N(C)CC(F)(F)F)n1. The summed E-state index contributed by atoms with van der Waals surface area (Å²) in [5, 5.41) is 2.98. The van der Waals surface area contributed by atoms with Crippen molar-refractivity contribution >= 4 is 11.7 Å². The van der Waals surface area contributed by atoms with Crippen molar-refractivity contribution in [2.24, 2.45) is 0 Å². The van der Waals surface area contributed by atoms with Crippen molar-refractivity contribution in [3.8, 4) is 0 Å². The second-order valence-electron chi connectivity index (χ2n) is 4.48. The number of halogens is 3. The van der Waals surface area contributed by atoms with Crippen molar-refractivity contribution in [1.82, 2.24) is 9.88 Å². The molecule has 0 aliphatic rings. The first kappa shape index (κ1) is 15.3. The van der Waals surface area contributed by atoms with E-state index in [4.69, 9.17) is 0 Å². The van der Waals surface area contributed by atoms with Gasteiger partial charge in [0.15, 0.2) is 0 Å². The maximum atomic E-state index is 12.2. The van der Waals surface area contributed by atoms with E-state index in [2.05, 4.69) is 10.3 Å². The van der Waals surface area contributed by atoms with Crippen molar-refractivity contribution in [3.63, 3.8) is 0 Å². The first-order chi connectivity index (χ1) is 8.69. The largest absolute Gasteiger partial charge is 0.406 e. The minimum Gasteiger partial charge on any atom is -0.368 e. The predicted octanol–water partition coefficient (Wildman–Crippen LogP) is 2.54. The molecule has 19 heavy (non-hydrogen) atoms. The number of pyridine rings is 1.